The zero-order valence-electron chi connectivity index (χ0n) is 44.3. The number of nitrogens with zero attached hydrogens (tertiary/aromatic N) is 7. The third kappa shape index (κ3) is 18.1. The number of pyridine rings is 4. The first-order chi connectivity index (χ1) is 34.5. The van der Waals surface area contributed by atoms with E-state index >= 15 is 0 Å². The third-order valence-electron chi connectivity index (χ3n) is 12.1. The summed E-state index contributed by atoms with van der Waals surface area (Å²) in [5.41, 5.74) is 4.89. The van der Waals surface area contributed by atoms with Gasteiger partial charge in [-0.05, 0) is 37.8 Å². The van der Waals surface area contributed by atoms with Crippen LogP contribution < -0.4 is 70.2 Å². The van der Waals surface area contributed by atoms with E-state index in [1.54, 1.807) is 103 Å². The van der Waals surface area contributed by atoms with Gasteiger partial charge in [0.15, 0.2) is 0 Å². The van der Waals surface area contributed by atoms with E-state index in [9.17, 15) is 9.90 Å². The largest absolute Gasteiger partial charge is 2.00 e. The predicted molar refractivity (Wildman–Crippen MR) is 303 cm³/mol. The van der Waals surface area contributed by atoms with Crippen LogP contribution in [0.15, 0.2) is 80.2 Å². The van der Waals surface area contributed by atoms with E-state index in [0.29, 0.717) is 78.4 Å². The molecule has 2 aliphatic carbocycles. The number of fused-ring (bicyclic) bond motifs is 4. The second-order valence-corrected chi connectivity index (χ2v) is 17.8. The minimum absolute atomic E-state index is 0. The molecule has 2 fully saturated rings. The van der Waals surface area contributed by atoms with Crippen molar-refractivity contribution in [1.82, 2.24) is 32.6 Å². The topological polar surface area (TPSA) is 169 Å². The zero-order chi connectivity index (χ0) is 51.0. The van der Waals surface area contributed by atoms with Gasteiger partial charge < -0.3 is 67.9 Å². The molecule has 0 amide bonds. The first kappa shape index (κ1) is 73.7. The van der Waals surface area contributed by atoms with Crippen molar-refractivity contribution in [2.75, 3.05) is 42.2 Å². The monoisotopic (exact) mass is 1220 g/mol. The fourth-order valence-corrected chi connectivity index (χ4v) is 9.46. The molecule has 8 heterocycles. The second-order valence-electron chi connectivity index (χ2n) is 16.3. The molecule has 0 bridgehead atoms. The van der Waals surface area contributed by atoms with Gasteiger partial charge in [0.1, 0.15) is 55.1 Å². The van der Waals surface area contributed by atoms with E-state index in [2.05, 4.69) is 21.4 Å². The summed E-state index contributed by atoms with van der Waals surface area (Å²) in [6.07, 6.45) is 26.5. The average Bonchev–Trinajstić information content (AvgIpc) is 4.27. The van der Waals surface area contributed by atoms with Crippen LogP contribution in [0.3, 0.4) is 0 Å². The Hall–Kier alpha value is -3.31. The Morgan fingerprint density at radius 1 is 0.688 bits per heavy atom. The van der Waals surface area contributed by atoms with Gasteiger partial charge in [-0.1, -0.05) is 99.8 Å². The summed E-state index contributed by atoms with van der Waals surface area (Å²) < 4.78 is 37.8. The molecule has 1 atom stereocenters. The van der Waals surface area contributed by atoms with E-state index in [-0.39, 0.29) is 101 Å². The molecule has 10 rings (SSSR count). The standard InChI is InChI=1S/C15H19ClN2O2.C12H12ClNO3.2C9H9ClN2O2.C6H11.2CH4.B.BrH.Mg.Na.H/c1-20-13-7-11(15(19)10-5-3-2-4-6-10)18-9-17-8-12(18)14(13)16;1-3-17-12(15)9-7-10(16-2)11(13)8-5-4-6-14(8)9;1-13-7-3-8(14-2)12-5-11-4-6(12)9(7)10;1-14-8-2-6(4-13)12-5-11-3-7(12)9(8)10;1-2-4-6-5-3-1;;;;;;;/h7-10,15,19H,2-6H2,1H3;4-7H,3H2,1-2H3;3-5H,1-2H3;2-3,5,13H,4H2,1H3;1H,2-6H2;2*1H4;;1H;;;/q;;;;-1;;;;;+2;+1;-1/p-1. The van der Waals surface area contributed by atoms with Gasteiger partial charge >= 0.3 is 58.6 Å². The summed E-state index contributed by atoms with van der Waals surface area (Å²) in [6.45, 7) is 2.00. The number of imidazole rings is 3. The van der Waals surface area contributed by atoms with Gasteiger partial charge in [0.25, 0.3) is 0 Å². The van der Waals surface area contributed by atoms with Crippen LogP contribution >= 0.6 is 46.4 Å². The normalized spacial score (nSPS) is 12.8. The SMILES string of the molecule is C.C.CCOC(=O)c1cc(OC)c(Cl)c2cccn12.COc1cc(C(O)C2CCCCC2)n2cncc2c1Cl.COc1cc(CO)n2cncc2c1Cl.COc1cc(OC)n2cncc2c1Cl.[B].[Br-].[CH-]1CCCCC1.[H-].[Mg+2].[Na+]. The van der Waals surface area contributed by atoms with Crippen LogP contribution in [0.4, 0.5) is 0 Å². The zero-order valence-corrected chi connectivity index (χ0v) is 51.3. The Morgan fingerprint density at radius 3 is 1.65 bits per heavy atom. The Balaban J connectivity index is 0. The molecule has 8 aromatic heterocycles. The fraction of sp³-hybridized carbons (Fsp3) is 0.415. The minimum atomic E-state index is -0.502. The van der Waals surface area contributed by atoms with Crippen molar-refractivity contribution < 1.29 is 91.4 Å². The number of carbonyl (C=O) groups excluding carboxylic acids is 1. The quantitative estimate of drug-likeness (QED) is 0.0850. The van der Waals surface area contributed by atoms with Crippen LogP contribution in [-0.4, -0.2) is 122 Å². The van der Waals surface area contributed by atoms with Crippen LogP contribution in [0.5, 0.6) is 28.9 Å². The molecular formula is C53H69BBrCl4MgN7NaO9. The number of hydrogen-bond donors (Lipinski definition) is 2. The van der Waals surface area contributed by atoms with Crippen LogP contribution in [0.1, 0.15) is 115 Å². The number of hydrogen-bond acceptors (Lipinski definition) is 12. The molecule has 2 saturated carbocycles. The van der Waals surface area contributed by atoms with Crippen molar-refractivity contribution >= 4 is 106 Å². The minimum Gasteiger partial charge on any atom is -1.00 e. The van der Waals surface area contributed by atoms with Crippen molar-refractivity contribution in [2.24, 2.45) is 5.92 Å². The number of esters is 1. The van der Waals surface area contributed by atoms with Crippen LogP contribution in [0.25, 0.3) is 22.1 Å². The summed E-state index contributed by atoms with van der Waals surface area (Å²) in [5.74, 6) is 2.72. The van der Waals surface area contributed by atoms with Gasteiger partial charge in [-0.2, -0.15) is 12.8 Å². The summed E-state index contributed by atoms with van der Waals surface area (Å²) in [4.78, 5) is 23.9. The molecule has 77 heavy (non-hydrogen) atoms. The van der Waals surface area contributed by atoms with Gasteiger partial charge in [0.2, 0.25) is 5.88 Å². The summed E-state index contributed by atoms with van der Waals surface area (Å²) in [6, 6.07) is 10.4. The average molecular weight is 1230 g/mol. The van der Waals surface area contributed by atoms with Crippen molar-refractivity contribution in [2.45, 2.75) is 98.7 Å². The molecule has 0 aliphatic heterocycles. The molecule has 3 radical (unpaired) electrons. The maximum atomic E-state index is 11.8. The number of halogens is 5. The molecule has 0 saturated heterocycles. The van der Waals surface area contributed by atoms with Gasteiger partial charge in [0.05, 0.1) is 120 Å². The molecule has 24 heteroatoms. The van der Waals surface area contributed by atoms with Crippen molar-refractivity contribution in [3.05, 3.63) is 124 Å². The molecule has 0 aromatic carbocycles. The number of aromatic nitrogens is 7. The van der Waals surface area contributed by atoms with Gasteiger partial charge in [-0.3, -0.25) is 13.2 Å². The smallest absolute Gasteiger partial charge is 1.00 e. The maximum absolute atomic E-state index is 11.8. The number of carbonyl (C=O) groups is 1. The van der Waals surface area contributed by atoms with Crippen LogP contribution in [0, 0.1) is 12.3 Å². The van der Waals surface area contributed by atoms with Crippen molar-refractivity contribution in [1.29, 1.82) is 0 Å². The van der Waals surface area contributed by atoms with Gasteiger partial charge in [0, 0.05) is 38.9 Å². The first-order valence-electron chi connectivity index (χ1n) is 23.2. The number of aliphatic hydroxyl groups excluding tert-OH is 2. The van der Waals surface area contributed by atoms with Gasteiger partial charge in [-0.15, -0.1) is 0 Å². The summed E-state index contributed by atoms with van der Waals surface area (Å²) >= 11 is 24.5. The molecule has 1 unspecified atom stereocenters. The summed E-state index contributed by atoms with van der Waals surface area (Å²) in [7, 11) is 7.78. The molecule has 8 aromatic rings. The van der Waals surface area contributed by atoms with E-state index in [4.69, 9.17) is 79.9 Å². The molecule has 16 nitrogen and oxygen atoms in total. The van der Waals surface area contributed by atoms with Gasteiger partial charge in [-0.25, -0.2) is 19.7 Å². The summed E-state index contributed by atoms with van der Waals surface area (Å²) in [5, 5.41) is 21.9. The van der Waals surface area contributed by atoms with E-state index in [1.165, 1.54) is 65.6 Å². The molecular weight excluding hydrogens is 1160 g/mol. The Kier molecular flexibility index (Phi) is 35.3. The number of rotatable bonds is 10. The Morgan fingerprint density at radius 2 is 1.16 bits per heavy atom. The number of methoxy groups -OCH3 is 5. The number of aliphatic hydroxyl groups is 2. The predicted octanol–water partition coefficient (Wildman–Crippen LogP) is 6.67. The fourth-order valence-electron chi connectivity index (χ4n) is 8.36. The van der Waals surface area contributed by atoms with Crippen LogP contribution in [0.2, 0.25) is 20.1 Å². The van der Waals surface area contributed by atoms with E-state index < -0.39 is 12.1 Å². The Bertz CT molecular complexity index is 2920. The molecule has 0 spiro atoms. The van der Waals surface area contributed by atoms with Crippen molar-refractivity contribution in [3.63, 3.8) is 0 Å². The molecule has 411 valence electrons. The van der Waals surface area contributed by atoms with E-state index in [1.807, 2.05) is 22.6 Å². The number of ether oxygens (including phenoxy) is 6. The van der Waals surface area contributed by atoms with Crippen molar-refractivity contribution in [3.8, 4) is 28.9 Å². The third-order valence-corrected chi connectivity index (χ3v) is 13.6. The Labute approximate surface area is 524 Å². The second kappa shape index (κ2) is 36.8. The van der Waals surface area contributed by atoms with Crippen LogP contribution in [-0.2, 0) is 11.3 Å². The molecule has 2 N–H and O–H groups in total. The first-order valence-corrected chi connectivity index (χ1v) is 24.7. The maximum Gasteiger partial charge on any atom is 2.00 e. The molecule has 2 aliphatic rings. The van der Waals surface area contributed by atoms with E-state index in [0.717, 1.165) is 35.1 Å².